The fourth-order valence-corrected chi connectivity index (χ4v) is 14.9. The normalized spacial score (nSPS) is 19.7. The molecule has 2 aromatic heterocycles. The summed E-state index contributed by atoms with van der Waals surface area (Å²) >= 11 is 6.02. The molecule has 23 heteroatoms. The molecule has 0 aliphatic carbocycles. The quantitative estimate of drug-likeness (QED) is 0.113. The predicted molar refractivity (Wildman–Crippen MR) is 235 cm³/mol. The summed E-state index contributed by atoms with van der Waals surface area (Å²) in [6.07, 6.45) is 4.13. The zero-order chi connectivity index (χ0) is 48.4. The number of fused-ring (bicyclic) bond motifs is 3. The molecule has 3 aliphatic rings. The summed E-state index contributed by atoms with van der Waals surface area (Å²) in [7, 11) is 0. The Kier molecular flexibility index (Phi) is 13.4. The van der Waals surface area contributed by atoms with Crippen molar-refractivity contribution in [3.63, 3.8) is 0 Å². The van der Waals surface area contributed by atoms with Crippen molar-refractivity contribution < 1.29 is 60.4 Å². The number of esters is 2. The van der Waals surface area contributed by atoms with Crippen molar-refractivity contribution in [3.8, 4) is 23.5 Å². The first-order valence-corrected chi connectivity index (χ1v) is 24.4. The Morgan fingerprint density at radius 2 is 1.24 bits per heavy atom. The molecule has 2 unspecified atom stereocenters. The number of aldehydes is 1. The molecule has 66 heavy (non-hydrogen) atoms. The van der Waals surface area contributed by atoms with Crippen molar-refractivity contribution in [2.24, 2.45) is 0 Å². The van der Waals surface area contributed by atoms with Gasteiger partial charge in [-0.3, -0.25) is 13.9 Å². The standard InChI is InChI=1S/C15H12ClN3O3.C15H10ClN3O3.C13H13IO8/c2*1-15(7-20)5-12-13(14(21)22-15)19(8-18-12)10-3-2-9(6-17)11(16)4-10;1-8(15)19-14(20-9(2)16,21-10(3)17)12-7-5-4-6-11(12)13(18)22-14/h2-4,8,20H,5,7H2,1H3;2-4,7-8H,5H2,1H3;4-7H,1-3H3. The third-order valence-electron chi connectivity index (χ3n) is 9.44. The summed E-state index contributed by atoms with van der Waals surface area (Å²) in [6.45, 7) is 6.00. The van der Waals surface area contributed by atoms with E-state index in [1.54, 1.807) is 60.9 Å². The molecule has 342 valence electrons. The van der Waals surface area contributed by atoms with Gasteiger partial charge in [-0.2, -0.15) is 10.5 Å². The van der Waals surface area contributed by atoms with Crippen LogP contribution in [0.4, 0.5) is 0 Å². The van der Waals surface area contributed by atoms with Crippen molar-refractivity contribution in [3.05, 3.63) is 126 Å². The molecule has 0 saturated heterocycles. The van der Waals surface area contributed by atoms with Crippen LogP contribution in [0.15, 0.2) is 73.3 Å². The zero-order valence-corrected chi connectivity index (χ0v) is 38.9. The number of nitrogens with zero attached hydrogens (tertiary/aromatic N) is 6. The monoisotopic (exact) mass is 1060 g/mol. The molecule has 0 fully saturated rings. The van der Waals surface area contributed by atoms with E-state index in [0.717, 1.165) is 20.8 Å². The number of nitriles is 2. The first-order valence-electron chi connectivity index (χ1n) is 19.0. The average Bonchev–Trinajstić information content (AvgIpc) is 3.94. The number of carbonyl (C=O) groups excluding carboxylic acids is 7. The molecule has 3 aromatic carbocycles. The number of aliphatic hydroxyl groups is 1. The zero-order valence-electron chi connectivity index (χ0n) is 35.2. The summed E-state index contributed by atoms with van der Waals surface area (Å²) in [5, 5.41) is 27.7. The third-order valence-corrected chi connectivity index (χ3v) is 18.2. The SMILES string of the molecule is CC(=O)OI1(OC(C)=O)(OC(C)=O)OC(=O)c2ccccc21.CC1(C=O)Cc2ncn(-c3ccc(C#N)c(Cl)c3)c2C(=O)O1.CC1(CO)Cc2ncn(-c3ccc(C#N)c(Cl)c3)c2C(=O)O1. The van der Waals surface area contributed by atoms with Gasteiger partial charge in [-0.1, -0.05) is 23.2 Å². The molecule has 0 amide bonds. The summed E-state index contributed by atoms with van der Waals surface area (Å²) in [5.41, 5.74) is 1.40. The Bertz CT molecular complexity index is 2920. The Morgan fingerprint density at radius 1 is 0.773 bits per heavy atom. The van der Waals surface area contributed by atoms with Crippen LogP contribution >= 0.6 is 41.9 Å². The number of cyclic esters (lactones) is 2. The fraction of sp³-hybridized carbons (Fsp3) is 0.233. The van der Waals surface area contributed by atoms with Crippen LogP contribution in [0.1, 0.15) is 88.5 Å². The van der Waals surface area contributed by atoms with Gasteiger partial charge in [0.15, 0.2) is 23.3 Å². The van der Waals surface area contributed by atoms with E-state index in [1.807, 2.05) is 12.1 Å². The maximum absolute atomic E-state index is 12.2. The second-order valence-electron chi connectivity index (χ2n) is 14.8. The van der Waals surface area contributed by atoms with Crippen molar-refractivity contribution >= 4 is 84.0 Å². The molecule has 2 atom stereocenters. The minimum absolute atomic E-state index is 0.0142. The van der Waals surface area contributed by atoms with Crippen LogP contribution in [0.25, 0.3) is 11.4 Å². The van der Waals surface area contributed by atoms with Crippen LogP contribution < -0.4 is 0 Å². The Balaban J connectivity index is 0.000000164. The topological polar surface area (TPSA) is 278 Å². The molecule has 0 bridgehead atoms. The number of benzene rings is 3. The minimum Gasteiger partial charge on any atom is -0.452 e. The van der Waals surface area contributed by atoms with Crippen LogP contribution in [-0.4, -0.2) is 84.1 Å². The minimum atomic E-state index is -6.03. The maximum atomic E-state index is 12.2. The number of halogens is 3. The van der Waals surface area contributed by atoms with E-state index in [1.165, 1.54) is 35.4 Å². The smallest absolute Gasteiger partial charge is 0.358 e. The number of hydrogen-bond donors (Lipinski definition) is 1. The first-order chi connectivity index (χ1) is 31.1. The van der Waals surface area contributed by atoms with Crippen LogP contribution in [-0.2, 0) is 53.8 Å². The third kappa shape index (κ3) is 9.32. The predicted octanol–water partition coefficient (Wildman–Crippen LogP) is 5.88. The number of hydrogen-bond acceptors (Lipinski definition) is 18. The van der Waals surface area contributed by atoms with Crippen LogP contribution in [0.3, 0.4) is 0 Å². The Morgan fingerprint density at radius 3 is 1.68 bits per heavy atom. The average molecular weight is 1060 g/mol. The van der Waals surface area contributed by atoms with Gasteiger partial charge in [0.25, 0.3) is 0 Å². The molecule has 0 spiro atoms. The molecule has 5 aromatic rings. The van der Waals surface area contributed by atoms with Gasteiger partial charge in [-0.05, 0) is 50.2 Å². The van der Waals surface area contributed by atoms with E-state index < -0.39 is 65.7 Å². The number of rotatable bonds is 7. The van der Waals surface area contributed by atoms with E-state index >= 15 is 0 Å². The van der Waals surface area contributed by atoms with E-state index in [0.29, 0.717) is 57.3 Å². The summed E-state index contributed by atoms with van der Waals surface area (Å²) in [5.74, 6) is -4.80. The van der Waals surface area contributed by atoms with E-state index in [2.05, 4.69) is 9.97 Å². The summed E-state index contributed by atoms with van der Waals surface area (Å²) in [6, 6.07) is 19.4. The molecular weight excluding hydrogens is 1020 g/mol. The molecule has 20 nitrogen and oxygen atoms in total. The van der Waals surface area contributed by atoms with E-state index in [9.17, 15) is 38.7 Å². The second kappa shape index (κ2) is 18.4. The summed E-state index contributed by atoms with van der Waals surface area (Å²) in [4.78, 5) is 90.6. The Labute approximate surface area is 387 Å². The molecule has 1 N–H and O–H groups in total. The number of carbonyl (C=O) groups is 7. The van der Waals surface area contributed by atoms with Crippen LogP contribution in [0.5, 0.6) is 0 Å². The van der Waals surface area contributed by atoms with Gasteiger partial charge < -0.3 is 14.6 Å². The largest absolute Gasteiger partial charge is 0.452 e. The van der Waals surface area contributed by atoms with Gasteiger partial charge in [0.2, 0.25) is 0 Å². The van der Waals surface area contributed by atoms with Gasteiger partial charge in [0.1, 0.15) is 30.4 Å². The molecular formula is C43H35Cl2IN6O14. The molecule has 0 saturated carbocycles. The van der Waals surface area contributed by atoms with Gasteiger partial charge in [-0.15, -0.1) is 0 Å². The van der Waals surface area contributed by atoms with Gasteiger partial charge in [0, 0.05) is 24.2 Å². The van der Waals surface area contributed by atoms with Crippen molar-refractivity contribution in [2.75, 3.05) is 6.61 Å². The van der Waals surface area contributed by atoms with Crippen molar-refractivity contribution in [2.45, 2.75) is 58.7 Å². The summed E-state index contributed by atoms with van der Waals surface area (Å²) < 4.78 is 34.1. The Hall–Kier alpha value is -7.18. The number of ether oxygens (including phenoxy) is 2. The van der Waals surface area contributed by atoms with Crippen LogP contribution in [0.2, 0.25) is 10.0 Å². The second-order valence-corrected chi connectivity index (χ2v) is 22.4. The maximum Gasteiger partial charge on any atom is 0.358 e. The molecule has 5 heterocycles. The van der Waals surface area contributed by atoms with Gasteiger partial charge in [-0.25, -0.2) is 19.6 Å². The number of aromatic nitrogens is 4. The van der Waals surface area contributed by atoms with Gasteiger partial charge >= 0.3 is 140 Å². The first kappa shape index (κ1) is 48.3. The van der Waals surface area contributed by atoms with Gasteiger partial charge in [0.05, 0.1) is 39.2 Å². The van der Waals surface area contributed by atoms with E-state index in [4.69, 9.17) is 55.5 Å². The van der Waals surface area contributed by atoms with Crippen molar-refractivity contribution in [1.29, 1.82) is 10.5 Å². The molecule has 8 rings (SSSR count). The fourth-order valence-electron chi connectivity index (χ4n) is 6.67. The molecule has 3 aliphatic heterocycles. The van der Waals surface area contributed by atoms with Crippen molar-refractivity contribution in [1.82, 2.24) is 19.1 Å². The number of aliphatic hydroxyl groups excluding tert-OH is 1. The molecule has 0 radical (unpaired) electrons. The van der Waals surface area contributed by atoms with Crippen LogP contribution in [0, 0.1) is 26.2 Å². The number of imidazole rings is 2. The van der Waals surface area contributed by atoms with E-state index in [-0.39, 0.29) is 32.9 Å².